The van der Waals surface area contributed by atoms with Gasteiger partial charge < -0.3 is 15.4 Å². The molecular weight excluding hydrogens is 334 g/mol. The molecule has 0 saturated carbocycles. The van der Waals surface area contributed by atoms with Crippen molar-refractivity contribution in [1.82, 2.24) is 15.2 Å². The van der Waals surface area contributed by atoms with Gasteiger partial charge in [-0.25, -0.2) is 0 Å². The number of nitrogens with one attached hydrogen (secondary N) is 3. The van der Waals surface area contributed by atoms with Crippen LogP contribution in [0.5, 0.6) is 5.75 Å². The van der Waals surface area contributed by atoms with Gasteiger partial charge in [-0.1, -0.05) is 0 Å². The zero-order valence-corrected chi connectivity index (χ0v) is 14.2. The number of H-pyrrole nitrogens is 1. The number of hydrogen-bond acceptors (Lipinski definition) is 6. The standard InChI is InChI=1S/C18H17N5O3/c1-11(24)19-13-5-7-14(8-6-13)20-18-21-17(25)16(22-23-18)12-3-9-15(26-2)10-4-12/h3-10H,1-2H3,(H,19,24)(H2,20,21,23,25). The highest BCUT2D eigenvalue weighted by Crippen LogP contribution is 2.19. The molecule has 0 unspecified atom stereocenters. The van der Waals surface area contributed by atoms with Crippen molar-refractivity contribution in [2.24, 2.45) is 0 Å². The first-order chi connectivity index (χ1) is 12.5. The number of aromatic nitrogens is 3. The highest BCUT2D eigenvalue weighted by Gasteiger charge is 2.08. The van der Waals surface area contributed by atoms with Crippen molar-refractivity contribution >= 4 is 23.2 Å². The van der Waals surface area contributed by atoms with Crippen molar-refractivity contribution in [2.45, 2.75) is 6.92 Å². The first-order valence-electron chi connectivity index (χ1n) is 7.81. The molecule has 132 valence electrons. The molecule has 8 nitrogen and oxygen atoms in total. The second-order valence-corrected chi connectivity index (χ2v) is 5.46. The van der Waals surface area contributed by atoms with Crippen LogP contribution in [0.4, 0.5) is 17.3 Å². The zero-order chi connectivity index (χ0) is 18.5. The van der Waals surface area contributed by atoms with Crippen molar-refractivity contribution in [3.05, 3.63) is 58.9 Å². The summed E-state index contributed by atoms with van der Waals surface area (Å²) in [4.78, 5) is 26.0. The number of aromatic amines is 1. The molecule has 0 radical (unpaired) electrons. The second kappa shape index (κ2) is 7.47. The maximum absolute atomic E-state index is 12.3. The SMILES string of the molecule is COc1ccc(-c2nnc(Nc3ccc(NC(C)=O)cc3)[nH]c2=O)cc1. The van der Waals surface area contributed by atoms with Gasteiger partial charge >= 0.3 is 0 Å². The molecule has 1 heterocycles. The van der Waals surface area contributed by atoms with Gasteiger partial charge in [0.15, 0.2) is 5.69 Å². The normalized spacial score (nSPS) is 10.2. The Bertz CT molecular complexity index is 965. The van der Waals surface area contributed by atoms with Gasteiger partial charge in [-0.15, -0.1) is 10.2 Å². The number of amides is 1. The number of ether oxygens (including phenoxy) is 1. The van der Waals surface area contributed by atoms with E-state index in [1.165, 1.54) is 6.92 Å². The Morgan fingerprint density at radius 1 is 1.00 bits per heavy atom. The summed E-state index contributed by atoms with van der Waals surface area (Å²) < 4.78 is 5.10. The third-order valence-electron chi connectivity index (χ3n) is 3.53. The average Bonchev–Trinajstić information content (AvgIpc) is 2.63. The Kier molecular flexibility index (Phi) is 4.93. The largest absolute Gasteiger partial charge is 0.497 e. The van der Waals surface area contributed by atoms with Crippen LogP contribution in [0, 0.1) is 0 Å². The van der Waals surface area contributed by atoms with Gasteiger partial charge in [0, 0.05) is 23.9 Å². The van der Waals surface area contributed by atoms with Crippen LogP contribution < -0.4 is 20.9 Å². The zero-order valence-electron chi connectivity index (χ0n) is 14.2. The molecule has 0 aliphatic heterocycles. The van der Waals surface area contributed by atoms with E-state index < -0.39 is 0 Å². The highest BCUT2D eigenvalue weighted by atomic mass is 16.5. The average molecular weight is 351 g/mol. The number of anilines is 3. The second-order valence-electron chi connectivity index (χ2n) is 5.46. The maximum Gasteiger partial charge on any atom is 0.279 e. The molecule has 0 bridgehead atoms. The van der Waals surface area contributed by atoms with Crippen LogP contribution in [0.2, 0.25) is 0 Å². The minimum absolute atomic E-state index is 0.143. The number of carbonyl (C=O) groups is 1. The minimum atomic E-state index is -0.359. The lowest BCUT2D eigenvalue weighted by Crippen LogP contribution is -2.15. The van der Waals surface area contributed by atoms with E-state index in [0.29, 0.717) is 22.7 Å². The third-order valence-corrected chi connectivity index (χ3v) is 3.53. The first-order valence-corrected chi connectivity index (χ1v) is 7.81. The number of methoxy groups -OCH3 is 1. The molecule has 2 aromatic carbocycles. The van der Waals surface area contributed by atoms with Crippen molar-refractivity contribution in [1.29, 1.82) is 0 Å². The lowest BCUT2D eigenvalue weighted by atomic mass is 10.1. The Hall–Kier alpha value is -3.68. The molecule has 8 heteroatoms. The Morgan fingerprint density at radius 3 is 2.23 bits per heavy atom. The predicted molar refractivity (Wildman–Crippen MR) is 98.7 cm³/mol. The number of nitrogens with zero attached hydrogens (tertiary/aromatic N) is 2. The Labute approximate surface area is 149 Å². The molecule has 0 spiro atoms. The number of benzene rings is 2. The van der Waals surface area contributed by atoms with Gasteiger partial charge in [0.2, 0.25) is 11.9 Å². The van der Waals surface area contributed by atoms with Gasteiger partial charge in [0.1, 0.15) is 5.75 Å². The number of hydrogen-bond donors (Lipinski definition) is 3. The third kappa shape index (κ3) is 4.04. The molecule has 1 amide bonds. The van der Waals surface area contributed by atoms with E-state index in [4.69, 9.17) is 4.74 Å². The van der Waals surface area contributed by atoms with Crippen LogP contribution in [0.15, 0.2) is 53.3 Å². The molecule has 3 aromatic rings. The molecule has 0 saturated heterocycles. The van der Waals surface area contributed by atoms with Crippen LogP contribution in [0.25, 0.3) is 11.3 Å². The quantitative estimate of drug-likeness (QED) is 0.652. The molecule has 3 rings (SSSR count). The van der Waals surface area contributed by atoms with Gasteiger partial charge in [0.25, 0.3) is 5.56 Å². The molecule has 1 aromatic heterocycles. The Morgan fingerprint density at radius 2 is 1.65 bits per heavy atom. The molecular formula is C18H17N5O3. The summed E-state index contributed by atoms with van der Waals surface area (Å²) in [5, 5.41) is 13.6. The van der Waals surface area contributed by atoms with E-state index in [9.17, 15) is 9.59 Å². The van der Waals surface area contributed by atoms with Crippen molar-refractivity contribution in [3.8, 4) is 17.0 Å². The summed E-state index contributed by atoms with van der Waals surface area (Å²) in [6.45, 7) is 1.44. The van der Waals surface area contributed by atoms with E-state index in [1.807, 2.05) is 0 Å². The first kappa shape index (κ1) is 17.2. The van der Waals surface area contributed by atoms with Crippen molar-refractivity contribution in [3.63, 3.8) is 0 Å². The predicted octanol–water partition coefficient (Wildman–Crippen LogP) is 2.54. The van der Waals surface area contributed by atoms with Crippen molar-refractivity contribution in [2.75, 3.05) is 17.7 Å². The van der Waals surface area contributed by atoms with Crippen LogP contribution in [-0.4, -0.2) is 28.2 Å². The van der Waals surface area contributed by atoms with E-state index in [0.717, 1.165) is 0 Å². The maximum atomic E-state index is 12.3. The van der Waals surface area contributed by atoms with Crippen LogP contribution in [0.3, 0.4) is 0 Å². The lowest BCUT2D eigenvalue weighted by Gasteiger charge is -2.07. The highest BCUT2D eigenvalue weighted by molar-refractivity contribution is 5.88. The molecule has 26 heavy (non-hydrogen) atoms. The summed E-state index contributed by atoms with van der Waals surface area (Å²) in [7, 11) is 1.57. The fourth-order valence-corrected chi connectivity index (χ4v) is 2.31. The molecule has 0 fully saturated rings. The lowest BCUT2D eigenvalue weighted by molar-refractivity contribution is -0.114. The summed E-state index contributed by atoms with van der Waals surface area (Å²) in [6.07, 6.45) is 0. The molecule has 0 aliphatic carbocycles. The minimum Gasteiger partial charge on any atom is -0.497 e. The van der Waals surface area contributed by atoms with Crippen molar-refractivity contribution < 1.29 is 9.53 Å². The van der Waals surface area contributed by atoms with Crippen LogP contribution in [-0.2, 0) is 4.79 Å². The fraction of sp³-hybridized carbons (Fsp3) is 0.111. The van der Waals surface area contributed by atoms with E-state index in [2.05, 4.69) is 25.8 Å². The molecule has 0 atom stereocenters. The van der Waals surface area contributed by atoms with Gasteiger partial charge in [-0.3, -0.25) is 14.6 Å². The van der Waals surface area contributed by atoms with E-state index in [-0.39, 0.29) is 23.1 Å². The molecule has 3 N–H and O–H groups in total. The monoisotopic (exact) mass is 351 g/mol. The van der Waals surface area contributed by atoms with Crippen LogP contribution in [0.1, 0.15) is 6.92 Å². The smallest absolute Gasteiger partial charge is 0.279 e. The van der Waals surface area contributed by atoms with Gasteiger partial charge in [-0.05, 0) is 48.5 Å². The van der Waals surface area contributed by atoms with Gasteiger partial charge in [0.05, 0.1) is 7.11 Å². The Balaban J connectivity index is 1.76. The fourth-order valence-electron chi connectivity index (χ4n) is 2.31. The number of carbonyl (C=O) groups excluding carboxylic acids is 1. The van der Waals surface area contributed by atoms with Crippen LogP contribution >= 0.6 is 0 Å². The summed E-state index contributed by atoms with van der Waals surface area (Å²) >= 11 is 0. The number of rotatable bonds is 5. The molecule has 0 aliphatic rings. The van der Waals surface area contributed by atoms with E-state index in [1.54, 1.807) is 55.6 Å². The van der Waals surface area contributed by atoms with E-state index >= 15 is 0 Å². The summed E-state index contributed by atoms with van der Waals surface area (Å²) in [6, 6.07) is 14.0. The summed E-state index contributed by atoms with van der Waals surface area (Å²) in [5.74, 6) is 0.772. The topological polar surface area (TPSA) is 109 Å². The van der Waals surface area contributed by atoms with Gasteiger partial charge in [-0.2, -0.15) is 0 Å². The summed E-state index contributed by atoms with van der Waals surface area (Å²) in [5.41, 5.74) is 1.88.